The van der Waals surface area contributed by atoms with Gasteiger partial charge in [-0.3, -0.25) is 19.1 Å². The molecule has 4 atom stereocenters. The smallest absolute Gasteiger partial charge is 0.330 e. The monoisotopic (exact) mass is 286 g/mol. The minimum Gasteiger partial charge on any atom is -0.394 e. The van der Waals surface area contributed by atoms with Gasteiger partial charge in [0.2, 0.25) is 0 Å². The minimum absolute atomic E-state index is 0.647. The average molecular weight is 286 g/mol. The van der Waals surface area contributed by atoms with Crippen LogP contribution in [0.1, 0.15) is 13.2 Å². The lowest BCUT2D eigenvalue weighted by atomic mass is 9.90. The first kappa shape index (κ1) is 14.6. The highest BCUT2D eigenvalue weighted by molar-refractivity contribution is 5.86. The maximum absolute atomic E-state index is 11.7. The summed E-state index contributed by atoms with van der Waals surface area (Å²) in [5.74, 6) is -0.830. The predicted molar refractivity (Wildman–Crippen MR) is 64.0 cm³/mol. The Bertz CT molecular complexity index is 636. The second kappa shape index (κ2) is 4.94. The van der Waals surface area contributed by atoms with Crippen molar-refractivity contribution in [3.8, 4) is 0 Å². The molecule has 0 radical (unpaired) electrons. The van der Waals surface area contributed by atoms with Crippen molar-refractivity contribution in [1.29, 1.82) is 0 Å². The Morgan fingerprint density at radius 1 is 1.55 bits per heavy atom. The standard InChI is InChI=1S/C11H14N2O7/c1-5(15)11(19)8(17)6(4-14)20-9(11)13-3-2-7(16)12-10(13)18/h2-3,6,8-9,14,17,19H,4H2,1H3,(H,12,16,18)/t6-,8-,9-,11-/m1/s1. The largest absolute Gasteiger partial charge is 0.394 e. The topological polar surface area (TPSA) is 142 Å². The number of nitrogens with one attached hydrogen (secondary N) is 1. The molecule has 0 bridgehead atoms. The molecule has 20 heavy (non-hydrogen) atoms. The van der Waals surface area contributed by atoms with Gasteiger partial charge in [-0.1, -0.05) is 0 Å². The van der Waals surface area contributed by atoms with Crippen molar-refractivity contribution in [1.82, 2.24) is 9.55 Å². The molecule has 2 rings (SSSR count). The zero-order chi connectivity index (χ0) is 15.1. The second-order valence-corrected chi connectivity index (χ2v) is 4.55. The molecular weight excluding hydrogens is 272 g/mol. The molecule has 1 saturated heterocycles. The van der Waals surface area contributed by atoms with Gasteiger partial charge in [0.15, 0.2) is 17.6 Å². The van der Waals surface area contributed by atoms with E-state index in [1.807, 2.05) is 4.98 Å². The quantitative estimate of drug-likeness (QED) is 0.467. The van der Waals surface area contributed by atoms with E-state index in [0.717, 1.165) is 23.8 Å². The summed E-state index contributed by atoms with van der Waals surface area (Å²) in [6.45, 7) is 0.376. The lowest BCUT2D eigenvalue weighted by Gasteiger charge is -2.28. The number of aromatic amines is 1. The molecule has 0 spiro atoms. The van der Waals surface area contributed by atoms with Crippen LogP contribution in [0.4, 0.5) is 0 Å². The van der Waals surface area contributed by atoms with Crippen LogP contribution in [0.3, 0.4) is 0 Å². The van der Waals surface area contributed by atoms with Crippen molar-refractivity contribution in [3.05, 3.63) is 33.1 Å². The van der Waals surface area contributed by atoms with Gasteiger partial charge in [-0.05, 0) is 6.92 Å². The Hall–Kier alpha value is -1.81. The van der Waals surface area contributed by atoms with Crippen LogP contribution in [0, 0.1) is 0 Å². The van der Waals surface area contributed by atoms with Crippen molar-refractivity contribution in [3.63, 3.8) is 0 Å². The highest BCUT2D eigenvalue weighted by Gasteiger charge is 2.59. The molecule has 1 aromatic rings. The summed E-state index contributed by atoms with van der Waals surface area (Å²) < 4.78 is 5.96. The minimum atomic E-state index is -2.39. The van der Waals surface area contributed by atoms with E-state index < -0.39 is 47.7 Å². The van der Waals surface area contributed by atoms with E-state index in [4.69, 9.17) is 9.84 Å². The normalized spacial score (nSPS) is 33.3. The van der Waals surface area contributed by atoms with Gasteiger partial charge in [-0.2, -0.15) is 0 Å². The number of hydrogen-bond acceptors (Lipinski definition) is 7. The Kier molecular flexibility index (Phi) is 3.61. The number of ether oxygens (including phenoxy) is 1. The molecule has 0 aliphatic carbocycles. The molecule has 1 aromatic heterocycles. The van der Waals surface area contributed by atoms with E-state index in [9.17, 15) is 24.6 Å². The molecule has 4 N–H and O–H groups in total. The first-order valence-electron chi connectivity index (χ1n) is 5.81. The van der Waals surface area contributed by atoms with Crippen LogP contribution < -0.4 is 11.2 Å². The Balaban J connectivity index is 2.56. The zero-order valence-electron chi connectivity index (χ0n) is 10.5. The summed E-state index contributed by atoms with van der Waals surface area (Å²) in [6, 6.07) is 1.00. The number of H-pyrrole nitrogens is 1. The third-order valence-electron chi connectivity index (χ3n) is 3.33. The van der Waals surface area contributed by atoms with Crippen molar-refractivity contribution < 1.29 is 24.9 Å². The lowest BCUT2D eigenvalue weighted by Crippen LogP contribution is -2.54. The molecule has 2 heterocycles. The highest BCUT2D eigenvalue weighted by Crippen LogP contribution is 2.38. The summed E-state index contributed by atoms with van der Waals surface area (Å²) >= 11 is 0. The number of ketones is 1. The fraction of sp³-hybridized carbons (Fsp3) is 0.545. The van der Waals surface area contributed by atoms with Crippen LogP contribution in [-0.2, 0) is 9.53 Å². The molecule has 0 unspecified atom stereocenters. The highest BCUT2D eigenvalue weighted by atomic mass is 16.6. The maximum Gasteiger partial charge on any atom is 0.330 e. The van der Waals surface area contributed by atoms with Crippen molar-refractivity contribution >= 4 is 5.78 Å². The van der Waals surface area contributed by atoms with Crippen molar-refractivity contribution in [2.24, 2.45) is 0 Å². The predicted octanol–water partition coefficient (Wildman–Crippen LogP) is -2.89. The molecule has 0 aromatic carbocycles. The van der Waals surface area contributed by atoms with Crippen LogP contribution in [0.2, 0.25) is 0 Å². The van der Waals surface area contributed by atoms with Crippen molar-refractivity contribution in [2.75, 3.05) is 6.61 Å². The van der Waals surface area contributed by atoms with E-state index in [1.54, 1.807) is 0 Å². The van der Waals surface area contributed by atoms with E-state index in [0.29, 0.717) is 0 Å². The Morgan fingerprint density at radius 2 is 2.20 bits per heavy atom. The maximum atomic E-state index is 11.7. The number of aliphatic hydroxyl groups excluding tert-OH is 2. The van der Waals surface area contributed by atoms with Crippen LogP contribution in [0.15, 0.2) is 21.9 Å². The first-order valence-corrected chi connectivity index (χ1v) is 5.81. The van der Waals surface area contributed by atoms with Crippen LogP contribution in [0.5, 0.6) is 0 Å². The second-order valence-electron chi connectivity index (χ2n) is 4.55. The summed E-state index contributed by atoms with van der Waals surface area (Å²) in [5, 5.41) is 29.3. The van der Waals surface area contributed by atoms with Gasteiger partial charge in [0.25, 0.3) is 5.56 Å². The third-order valence-corrected chi connectivity index (χ3v) is 3.33. The molecule has 1 fully saturated rings. The molecular formula is C11H14N2O7. The molecule has 1 aliphatic rings. The van der Waals surface area contributed by atoms with Gasteiger partial charge < -0.3 is 20.1 Å². The molecule has 0 saturated carbocycles. The van der Waals surface area contributed by atoms with Gasteiger partial charge in [-0.25, -0.2) is 4.79 Å². The lowest BCUT2D eigenvalue weighted by molar-refractivity contribution is -0.157. The van der Waals surface area contributed by atoms with Gasteiger partial charge in [0, 0.05) is 12.3 Å². The molecule has 1 aliphatic heterocycles. The number of rotatable bonds is 3. The van der Waals surface area contributed by atoms with E-state index in [1.165, 1.54) is 0 Å². The average Bonchev–Trinajstić information content (AvgIpc) is 2.64. The first-order chi connectivity index (χ1) is 9.32. The molecule has 9 heteroatoms. The number of hydrogen-bond donors (Lipinski definition) is 4. The summed E-state index contributed by atoms with van der Waals surface area (Å²) in [4.78, 5) is 36.3. The SMILES string of the molecule is CC(=O)[C@@]1(O)[C@H](O)[C@@H](CO)O[C@H]1n1ccc(=O)[nH]c1=O. The van der Waals surface area contributed by atoms with Crippen LogP contribution >= 0.6 is 0 Å². The van der Waals surface area contributed by atoms with E-state index in [2.05, 4.69) is 0 Å². The number of nitrogens with zero attached hydrogens (tertiary/aromatic N) is 1. The molecule has 9 nitrogen and oxygen atoms in total. The van der Waals surface area contributed by atoms with Gasteiger partial charge in [0.05, 0.1) is 6.61 Å². The Labute approximate surface area is 112 Å². The van der Waals surface area contributed by atoms with E-state index in [-0.39, 0.29) is 0 Å². The Morgan fingerprint density at radius 3 is 2.70 bits per heavy atom. The number of aromatic nitrogens is 2. The third kappa shape index (κ3) is 2.00. The van der Waals surface area contributed by atoms with Crippen LogP contribution in [-0.4, -0.2) is 55.1 Å². The number of carbonyl (C=O) groups excluding carboxylic acids is 1. The van der Waals surface area contributed by atoms with Gasteiger partial charge >= 0.3 is 5.69 Å². The van der Waals surface area contributed by atoms with Crippen LogP contribution in [0.25, 0.3) is 0 Å². The fourth-order valence-electron chi connectivity index (χ4n) is 2.19. The van der Waals surface area contributed by atoms with Crippen molar-refractivity contribution in [2.45, 2.75) is 31.0 Å². The summed E-state index contributed by atoms with van der Waals surface area (Å²) in [5.41, 5.74) is -3.96. The van der Waals surface area contributed by atoms with Gasteiger partial charge in [-0.15, -0.1) is 0 Å². The summed E-state index contributed by atoms with van der Waals surface area (Å²) in [7, 11) is 0. The number of carbonyl (C=O) groups is 1. The number of aliphatic hydroxyl groups is 3. The fourth-order valence-corrected chi connectivity index (χ4v) is 2.19. The van der Waals surface area contributed by atoms with E-state index >= 15 is 0 Å². The number of Topliss-reactive ketones (excluding diaryl/α,β-unsaturated/α-hetero) is 1. The molecule has 0 amide bonds. The summed E-state index contributed by atoms with van der Waals surface area (Å²) in [6.07, 6.45) is -3.44. The zero-order valence-corrected chi connectivity index (χ0v) is 10.5. The molecule has 110 valence electrons. The van der Waals surface area contributed by atoms with Gasteiger partial charge in [0.1, 0.15) is 12.2 Å².